The molecule has 0 spiro atoms. The summed E-state index contributed by atoms with van der Waals surface area (Å²) < 4.78 is 5.11. The Bertz CT molecular complexity index is 507. The van der Waals surface area contributed by atoms with Gasteiger partial charge in [0.2, 0.25) is 5.91 Å². The van der Waals surface area contributed by atoms with Gasteiger partial charge >= 0.3 is 0 Å². The molecule has 1 heterocycles. The molecule has 1 aromatic carbocycles. The molecule has 0 aliphatic heterocycles. The third-order valence-corrected chi connectivity index (χ3v) is 2.44. The highest BCUT2D eigenvalue weighted by molar-refractivity contribution is 5.86. The van der Waals surface area contributed by atoms with Crippen LogP contribution in [0.4, 0.5) is 0 Å². The van der Waals surface area contributed by atoms with Crippen LogP contribution in [0.15, 0.2) is 28.8 Å². The lowest BCUT2D eigenvalue weighted by atomic mass is 10.1. The molecule has 2 N–H and O–H groups in total. The number of para-hydroxylation sites is 1. The highest BCUT2D eigenvalue weighted by atomic mass is 16.5. The van der Waals surface area contributed by atoms with Crippen LogP contribution < -0.4 is 5.32 Å². The smallest absolute Gasteiger partial charge is 0.226 e. The number of carbonyl (C=O) groups excluding carboxylic acids is 1. The van der Waals surface area contributed by atoms with Gasteiger partial charge in [-0.3, -0.25) is 4.79 Å². The quantitative estimate of drug-likeness (QED) is 0.753. The Morgan fingerprint density at radius 3 is 3.06 bits per heavy atom. The van der Waals surface area contributed by atoms with Gasteiger partial charge in [-0.25, -0.2) is 0 Å². The van der Waals surface area contributed by atoms with Gasteiger partial charge in [-0.1, -0.05) is 17.3 Å². The van der Waals surface area contributed by atoms with Gasteiger partial charge in [-0.05, 0) is 18.6 Å². The van der Waals surface area contributed by atoms with Crippen LogP contribution in [0.2, 0.25) is 0 Å². The van der Waals surface area contributed by atoms with Gasteiger partial charge in [0.05, 0.1) is 6.42 Å². The van der Waals surface area contributed by atoms with Crippen LogP contribution >= 0.6 is 0 Å². The summed E-state index contributed by atoms with van der Waals surface area (Å²) in [6.07, 6.45) is 0.758. The van der Waals surface area contributed by atoms with E-state index in [9.17, 15) is 4.79 Å². The fraction of sp³-hybridized carbons (Fsp3) is 0.333. The fourth-order valence-corrected chi connectivity index (χ4v) is 1.59. The number of benzene rings is 1. The van der Waals surface area contributed by atoms with E-state index in [-0.39, 0.29) is 18.9 Å². The molecule has 90 valence electrons. The number of carbonyl (C=O) groups is 1. The molecular weight excluding hydrogens is 220 g/mol. The SMILES string of the molecule is O=C(Cc1noc2ccccc12)NCCCO. The van der Waals surface area contributed by atoms with Crippen LogP contribution in [-0.2, 0) is 11.2 Å². The minimum atomic E-state index is -0.113. The second-order valence-electron chi connectivity index (χ2n) is 3.73. The van der Waals surface area contributed by atoms with Crippen LogP contribution in [0.1, 0.15) is 12.1 Å². The van der Waals surface area contributed by atoms with Crippen LogP contribution in [0.3, 0.4) is 0 Å². The van der Waals surface area contributed by atoms with E-state index < -0.39 is 0 Å². The van der Waals surface area contributed by atoms with Gasteiger partial charge in [0.25, 0.3) is 0 Å². The molecule has 0 aliphatic rings. The molecule has 1 aromatic heterocycles. The molecule has 5 heteroatoms. The molecule has 2 aromatic rings. The Labute approximate surface area is 98.4 Å². The predicted octanol–water partition coefficient (Wildman–Crippen LogP) is 0.869. The monoisotopic (exact) mass is 234 g/mol. The lowest BCUT2D eigenvalue weighted by Crippen LogP contribution is -2.26. The molecule has 2 rings (SSSR count). The molecule has 0 atom stereocenters. The number of nitrogens with one attached hydrogen (secondary N) is 1. The van der Waals surface area contributed by atoms with Crippen LogP contribution in [-0.4, -0.2) is 29.3 Å². The summed E-state index contributed by atoms with van der Waals surface area (Å²) in [5.74, 6) is -0.113. The Morgan fingerprint density at radius 2 is 2.24 bits per heavy atom. The van der Waals surface area contributed by atoms with E-state index >= 15 is 0 Å². The zero-order chi connectivity index (χ0) is 12.1. The van der Waals surface area contributed by atoms with E-state index in [1.807, 2.05) is 24.3 Å². The first-order valence-electron chi connectivity index (χ1n) is 5.52. The summed E-state index contributed by atoms with van der Waals surface area (Å²) in [4.78, 5) is 11.6. The first kappa shape index (κ1) is 11.6. The zero-order valence-corrected chi connectivity index (χ0v) is 9.35. The fourth-order valence-electron chi connectivity index (χ4n) is 1.59. The van der Waals surface area contributed by atoms with E-state index in [1.165, 1.54) is 0 Å². The number of hydrogen-bond donors (Lipinski definition) is 2. The number of hydrogen-bond acceptors (Lipinski definition) is 4. The van der Waals surface area contributed by atoms with Gasteiger partial charge in [0.15, 0.2) is 5.58 Å². The topological polar surface area (TPSA) is 75.4 Å². The summed E-state index contributed by atoms with van der Waals surface area (Å²) in [6, 6.07) is 7.43. The van der Waals surface area contributed by atoms with Crippen molar-refractivity contribution in [2.75, 3.05) is 13.2 Å². The molecule has 0 bridgehead atoms. The van der Waals surface area contributed by atoms with E-state index in [4.69, 9.17) is 9.63 Å². The van der Waals surface area contributed by atoms with Crippen molar-refractivity contribution in [3.8, 4) is 0 Å². The van der Waals surface area contributed by atoms with Crippen LogP contribution in [0, 0.1) is 0 Å². The molecule has 0 fully saturated rings. The first-order chi connectivity index (χ1) is 8.31. The average molecular weight is 234 g/mol. The molecule has 0 unspecified atom stereocenters. The molecule has 0 saturated carbocycles. The van der Waals surface area contributed by atoms with Gasteiger partial charge in [-0.2, -0.15) is 0 Å². The Kier molecular flexibility index (Phi) is 3.72. The molecule has 5 nitrogen and oxygen atoms in total. The predicted molar refractivity (Wildman–Crippen MR) is 62.4 cm³/mol. The second kappa shape index (κ2) is 5.45. The number of amides is 1. The summed E-state index contributed by atoms with van der Waals surface area (Å²) in [5.41, 5.74) is 1.33. The summed E-state index contributed by atoms with van der Waals surface area (Å²) in [6.45, 7) is 0.554. The maximum absolute atomic E-state index is 11.6. The number of aliphatic hydroxyl groups excluding tert-OH is 1. The lowest BCUT2D eigenvalue weighted by Gasteiger charge is -2.01. The van der Waals surface area contributed by atoms with E-state index in [0.29, 0.717) is 24.2 Å². The van der Waals surface area contributed by atoms with Crippen molar-refractivity contribution in [2.24, 2.45) is 0 Å². The Balaban J connectivity index is 2.01. The van der Waals surface area contributed by atoms with Crippen LogP contribution in [0.5, 0.6) is 0 Å². The minimum absolute atomic E-state index is 0.0766. The summed E-state index contributed by atoms with van der Waals surface area (Å²) >= 11 is 0. The van der Waals surface area contributed by atoms with Crippen molar-refractivity contribution in [3.63, 3.8) is 0 Å². The van der Waals surface area contributed by atoms with Crippen molar-refractivity contribution < 1.29 is 14.4 Å². The zero-order valence-electron chi connectivity index (χ0n) is 9.35. The van der Waals surface area contributed by atoms with Gasteiger partial charge in [-0.15, -0.1) is 0 Å². The third kappa shape index (κ3) is 2.82. The van der Waals surface area contributed by atoms with E-state index in [1.54, 1.807) is 0 Å². The molecular formula is C12H14N2O3. The number of aliphatic hydroxyl groups is 1. The number of nitrogens with zero attached hydrogens (tertiary/aromatic N) is 1. The van der Waals surface area contributed by atoms with E-state index in [0.717, 1.165) is 5.39 Å². The maximum Gasteiger partial charge on any atom is 0.226 e. The third-order valence-electron chi connectivity index (χ3n) is 2.44. The van der Waals surface area contributed by atoms with Crippen molar-refractivity contribution >= 4 is 16.9 Å². The van der Waals surface area contributed by atoms with Gasteiger partial charge < -0.3 is 14.9 Å². The van der Waals surface area contributed by atoms with E-state index in [2.05, 4.69) is 10.5 Å². The second-order valence-corrected chi connectivity index (χ2v) is 3.73. The van der Waals surface area contributed by atoms with Crippen molar-refractivity contribution in [3.05, 3.63) is 30.0 Å². The molecule has 0 aliphatic carbocycles. The number of fused-ring (bicyclic) bond motifs is 1. The number of aromatic nitrogens is 1. The Morgan fingerprint density at radius 1 is 1.41 bits per heavy atom. The first-order valence-corrected chi connectivity index (χ1v) is 5.52. The average Bonchev–Trinajstić information content (AvgIpc) is 2.73. The molecule has 1 amide bonds. The Hall–Kier alpha value is -1.88. The summed E-state index contributed by atoms with van der Waals surface area (Å²) in [7, 11) is 0. The highest BCUT2D eigenvalue weighted by Crippen LogP contribution is 2.17. The largest absolute Gasteiger partial charge is 0.396 e. The standard InChI is InChI=1S/C12H14N2O3/c15-7-3-6-13-12(16)8-10-9-4-1-2-5-11(9)17-14-10/h1-2,4-5,15H,3,6-8H2,(H,13,16). The highest BCUT2D eigenvalue weighted by Gasteiger charge is 2.11. The maximum atomic E-state index is 11.6. The van der Waals surface area contributed by atoms with Gasteiger partial charge in [0.1, 0.15) is 5.69 Å². The van der Waals surface area contributed by atoms with Crippen molar-refractivity contribution in [1.29, 1.82) is 0 Å². The van der Waals surface area contributed by atoms with Crippen LogP contribution in [0.25, 0.3) is 11.0 Å². The lowest BCUT2D eigenvalue weighted by molar-refractivity contribution is -0.120. The van der Waals surface area contributed by atoms with Crippen molar-refractivity contribution in [2.45, 2.75) is 12.8 Å². The van der Waals surface area contributed by atoms with Crippen molar-refractivity contribution in [1.82, 2.24) is 10.5 Å². The molecule has 0 saturated heterocycles. The van der Waals surface area contributed by atoms with Gasteiger partial charge in [0, 0.05) is 18.5 Å². The molecule has 17 heavy (non-hydrogen) atoms. The molecule has 0 radical (unpaired) electrons. The minimum Gasteiger partial charge on any atom is -0.396 e. The normalized spacial score (nSPS) is 10.6. The summed E-state index contributed by atoms with van der Waals surface area (Å²) in [5, 5.41) is 16.0. The number of rotatable bonds is 5.